The molecule has 0 radical (unpaired) electrons. The van der Waals surface area contributed by atoms with E-state index in [-0.39, 0.29) is 10.3 Å². The van der Waals surface area contributed by atoms with Crippen molar-refractivity contribution in [3.63, 3.8) is 0 Å². The van der Waals surface area contributed by atoms with Crippen LogP contribution in [0.3, 0.4) is 0 Å². The Kier molecular flexibility index (Phi) is 6.72. The van der Waals surface area contributed by atoms with Crippen molar-refractivity contribution >= 4 is 17.1 Å². The molecule has 4 heteroatoms. The van der Waals surface area contributed by atoms with Crippen LogP contribution in [0.5, 0.6) is 5.75 Å². The van der Waals surface area contributed by atoms with Crippen LogP contribution in [-0.4, -0.2) is 20.6 Å². The van der Waals surface area contributed by atoms with Crippen LogP contribution in [0.25, 0.3) is 0 Å². The molecular weight excluding hydrogens is 306 g/mol. The summed E-state index contributed by atoms with van der Waals surface area (Å²) < 4.78 is 22.1. The molecule has 0 aliphatic rings. The van der Waals surface area contributed by atoms with E-state index in [1.54, 1.807) is 0 Å². The highest BCUT2D eigenvalue weighted by atomic mass is 32.2. The molecule has 1 unspecified atom stereocenters. The van der Waals surface area contributed by atoms with Gasteiger partial charge in [0.15, 0.2) is 0 Å². The zero-order chi connectivity index (χ0) is 17.8. The van der Waals surface area contributed by atoms with Gasteiger partial charge in [0.05, 0.1) is 5.71 Å². The predicted octanol–water partition coefficient (Wildman–Crippen LogP) is 5.03. The standard InChI is InChI=1S/C19H31NO2S/c1-14-9-11-16(13-17(14)22-18(3,4)5)12-10-15(2)20-23(21)19(6,7)8/h9,11,13H,10,12H2,1-8H3. The minimum atomic E-state index is -1.18. The summed E-state index contributed by atoms with van der Waals surface area (Å²) in [7, 11) is 0. The predicted molar refractivity (Wildman–Crippen MR) is 101 cm³/mol. The van der Waals surface area contributed by atoms with Gasteiger partial charge in [-0.3, -0.25) is 0 Å². The Labute approximate surface area is 144 Å². The van der Waals surface area contributed by atoms with Crippen LogP contribution in [-0.2, 0) is 17.8 Å². The Hall–Kier alpha value is -1.000. The molecule has 0 aliphatic carbocycles. The van der Waals surface area contributed by atoms with E-state index in [0.29, 0.717) is 0 Å². The fourth-order valence-corrected chi connectivity index (χ4v) is 2.54. The molecule has 0 bridgehead atoms. The van der Waals surface area contributed by atoms with Crippen molar-refractivity contribution in [1.29, 1.82) is 0 Å². The van der Waals surface area contributed by atoms with Gasteiger partial charge in [-0.25, -0.2) is 0 Å². The number of rotatable bonds is 5. The van der Waals surface area contributed by atoms with Gasteiger partial charge in [0, 0.05) is 0 Å². The molecule has 0 N–H and O–H groups in total. The second kappa shape index (κ2) is 7.71. The number of ether oxygens (including phenoxy) is 1. The van der Waals surface area contributed by atoms with Crippen LogP contribution in [0, 0.1) is 6.92 Å². The van der Waals surface area contributed by atoms with Crippen molar-refractivity contribution in [2.75, 3.05) is 0 Å². The van der Waals surface area contributed by atoms with E-state index in [9.17, 15) is 4.55 Å². The average molecular weight is 338 g/mol. The van der Waals surface area contributed by atoms with Gasteiger partial charge in [-0.05, 0) is 85.4 Å². The van der Waals surface area contributed by atoms with Crippen molar-refractivity contribution in [1.82, 2.24) is 0 Å². The maximum absolute atomic E-state index is 12.0. The molecule has 1 rings (SSSR count). The lowest BCUT2D eigenvalue weighted by Crippen LogP contribution is -2.26. The molecule has 23 heavy (non-hydrogen) atoms. The van der Waals surface area contributed by atoms with E-state index < -0.39 is 11.4 Å². The minimum absolute atomic E-state index is 0.204. The van der Waals surface area contributed by atoms with Gasteiger partial charge in [-0.1, -0.05) is 16.5 Å². The van der Waals surface area contributed by atoms with E-state index >= 15 is 0 Å². The molecule has 0 amide bonds. The van der Waals surface area contributed by atoms with Gasteiger partial charge in [0.1, 0.15) is 27.5 Å². The third kappa shape index (κ3) is 7.40. The Morgan fingerprint density at radius 2 is 1.78 bits per heavy atom. The lowest BCUT2D eigenvalue weighted by Gasteiger charge is -2.23. The molecule has 1 aromatic rings. The summed E-state index contributed by atoms with van der Waals surface area (Å²) >= 11 is -1.18. The maximum Gasteiger partial charge on any atom is 0.144 e. The monoisotopic (exact) mass is 337 g/mol. The van der Waals surface area contributed by atoms with Crippen molar-refractivity contribution in [3.05, 3.63) is 29.3 Å². The van der Waals surface area contributed by atoms with Gasteiger partial charge in [-0.15, -0.1) is 0 Å². The second-order valence-electron chi connectivity index (χ2n) is 8.00. The molecule has 130 valence electrons. The van der Waals surface area contributed by atoms with Crippen molar-refractivity contribution in [2.45, 2.75) is 78.6 Å². The Balaban J connectivity index is 2.75. The molecule has 3 nitrogen and oxygen atoms in total. The summed E-state index contributed by atoms with van der Waals surface area (Å²) in [4.78, 5) is 0. The summed E-state index contributed by atoms with van der Waals surface area (Å²) in [6.45, 7) is 16.0. The zero-order valence-corrected chi connectivity index (χ0v) is 16.6. The average Bonchev–Trinajstić information content (AvgIpc) is 2.37. The lowest BCUT2D eigenvalue weighted by molar-refractivity contribution is 0.129. The third-order valence-electron chi connectivity index (χ3n) is 3.21. The molecule has 0 spiro atoms. The summed E-state index contributed by atoms with van der Waals surface area (Å²) in [6, 6.07) is 6.32. The highest BCUT2D eigenvalue weighted by molar-refractivity contribution is 7.91. The summed E-state index contributed by atoms with van der Waals surface area (Å²) in [5.41, 5.74) is 3.08. The van der Waals surface area contributed by atoms with Gasteiger partial charge in [0.25, 0.3) is 0 Å². The molecule has 0 aliphatic heterocycles. The van der Waals surface area contributed by atoms with Gasteiger partial charge in [0.2, 0.25) is 0 Å². The number of benzene rings is 1. The fourth-order valence-electron chi connectivity index (χ4n) is 1.89. The lowest BCUT2D eigenvalue weighted by atomic mass is 10.0. The molecule has 1 atom stereocenters. The minimum Gasteiger partial charge on any atom is -0.591 e. The number of nitrogens with zero attached hydrogens (tertiary/aromatic N) is 1. The van der Waals surface area contributed by atoms with Crippen LogP contribution < -0.4 is 4.74 Å². The number of hydrogen-bond donors (Lipinski definition) is 0. The second-order valence-corrected chi connectivity index (χ2v) is 9.91. The van der Waals surface area contributed by atoms with E-state index in [4.69, 9.17) is 4.74 Å². The first kappa shape index (κ1) is 20.0. The first-order valence-electron chi connectivity index (χ1n) is 8.13. The van der Waals surface area contributed by atoms with Crippen molar-refractivity contribution in [3.8, 4) is 5.75 Å². The Bertz CT molecular complexity index is 553. The molecule has 1 aromatic carbocycles. The van der Waals surface area contributed by atoms with Crippen LogP contribution in [0.2, 0.25) is 0 Å². The fraction of sp³-hybridized carbons (Fsp3) is 0.632. The van der Waals surface area contributed by atoms with E-state index in [0.717, 1.165) is 29.9 Å². The zero-order valence-electron chi connectivity index (χ0n) is 15.8. The van der Waals surface area contributed by atoms with Crippen LogP contribution in [0.1, 0.15) is 66.0 Å². The van der Waals surface area contributed by atoms with E-state index in [1.165, 1.54) is 5.56 Å². The van der Waals surface area contributed by atoms with Crippen LogP contribution in [0.15, 0.2) is 22.6 Å². The Morgan fingerprint density at radius 1 is 1.17 bits per heavy atom. The van der Waals surface area contributed by atoms with E-state index in [1.807, 2.05) is 27.7 Å². The summed E-state index contributed by atoms with van der Waals surface area (Å²) in [6.07, 6.45) is 1.68. The third-order valence-corrected chi connectivity index (χ3v) is 4.73. The summed E-state index contributed by atoms with van der Waals surface area (Å²) in [5, 5.41) is 0. The molecular formula is C19H31NO2S. The highest BCUT2D eigenvalue weighted by Crippen LogP contribution is 2.25. The molecule has 0 saturated heterocycles. The summed E-state index contributed by atoms with van der Waals surface area (Å²) in [5.74, 6) is 0.933. The van der Waals surface area contributed by atoms with Gasteiger partial charge < -0.3 is 9.29 Å². The quantitative estimate of drug-likeness (QED) is 0.559. The molecule has 0 heterocycles. The van der Waals surface area contributed by atoms with Crippen LogP contribution in [0.4, 0.5) is 0 Å². The first-order valence-corrected chi connectivity index (χ1v) is 9.24. The van der Waals surface area contributed by atoms with Gasteiger partial charge >= 0.3 is 0 Å². The largest absolute Gasteiger partial charge is 0.591 e. The first-order chi connectivity index (χ1) is 10.4. The van der Waals surface area contributed by atoms with Crippen molar-refractivity contribution < 1.29 is 9.29 Å². The van der Waals surface area contributed by atoms with Gasteiger partial charge in [-0.2, -0.15) is 0 Å². The normalized spacial score (nSPS) is 14.7. The SMILES string of the molecule is CC(CCc1ccc(C)c(OC(C)(C)C)c1)=N[S+]([O-])C(C)(C)C. The Morgan fingerprint density at radius 3 is 2.30 bits per heavy atom. The molecule has 0 saturated carbocycles. The highest BCUT2D eigenvalue weighted by Gasteiger charge is 2.26. The maximum atomic E-state index is 12.0. The topological polar surface area (TPSA) is 44.6 Å². The smallest absolute Gasteiger partial charge is 0.144 e. The number of hydrogen-bond acceptors (Lipinski definition) is 3. The van der Waals surface area contributed by atoms with Crippen LogP contribution >= 0.6 is 0 Å². The molecule has 0 fully saturated rings. The van der Waals surface area contributed by atoms with Crippen molar-refractivity contribution in [2.24, 2.45) is 4.40 Å². The molecule has 0 aromatic heterocycles. The van der Waals surface area contributed by atoms with E-state index in [2.05, 4.69) is 50.3 Å². The number of aryl methyl sites for hydroxylation is 2.